The van der Waals surface area contributed by atoms with E-state index in [4.69, 9.17) is 5.11 Å². The standard InChI is InChI=1S/C14H20N2O3/c1-10(2)15-8-7-13(17)16-12-6-4-3-5-11(12)9-14(18)19/h3-6,10,15H,7-9H2,1-2H3,(H,16,17)(H,18,19). The fourth-order valence-corrected chi connectivity index (χ4v) is 1.65. The predicted octanol–water partition coefficient (Wildman–Crippen LogP) is 1.64. The zero-order valence-corrected chi connectivity index (χ0v) is 11.3. The van der Waals surface area contributed by atoms with Crippen LogP contribution in [-0.2, 0) is 16.0 Å². The molecule has 0 heterocycles. The third-order valence-electron chi connectivity index (χ3n) is 2.54. The number of amides is 1. The quantitative estimate of drug-likeness (QED) is 0.699. The third kappa shape index (κ3) is 6.01. The van der Waals surface area contributed by atoms with E-state index in [1.165, 1.54) is 0 Å². The Bertz CT molecular complexity index is 444. The van der Waals surface area contributed by atoms with Crippen molar-refractivity contribution in [1.29, 1.82) is 0 Å². The Hall–Kier alpha value is -1.88. The van der Waals surface area contributed by atoms with E-state index in [9.17, 15) is 9.59 Å². The molecule has 0 unspecified atom stereocenters. The molecule has 0 atom stereocenters. The summed E-state index contributed by atoms with van der Waals surface area (Å²) in [5.41, 5.74) is 1.18. The van der Waals surface area contributed by atoms with E-state index in [1.807, 2.05) is 13.8 Å². The number of hydrogen-bond donors (Lipinski definition) is 3. The van der Waals surface area contributed by atoms with Gasteiger partial charge in [-0.05, 0) is 11.6 Å². The van der Waals surface area contributed by atoms with Crippen molar-refractivity contribution in [3.05, 3.63) is 29.8 Å². The first-order valence-electron chi connectivity index (χ1n) is 6.32. The topological polar surface area (TPSA) is 78.4 Å². The molecule has 0 saturated heterocycles. The molecule has 19 heavy (non-hydrogen) atoms. The molecule has 104 valence electrons. The summed E-state index contributed by atoms with van der Waals surface area (Å²) < 4.78 is 0. The molecule has 0 aliphatic carbocycles. The van der Waals surface area contributed by atoms with Crippen molar-refractivity contribution >= 4 is 17.6 Å². The van der Waals surface area contributed by atoms with Crippen LogP contribution in [0.4, 0.5) is 5.69 Å². The first-order chi connectivity index (χ1) is 8.99. The minimum absolute atomic E-state index is 0.0965. The highest BCUT2D eigenvalue weighted by atomic mass is 16.4. The van der Waals surface area contributed by atoms with Crippen molar-refractivity contribution in [3.8, 4) is 0 Å². The van der Waals surface area contributed by atoms with Crippen LogP contribution in [0.25, 0.3) is 0 Å². The van der Waals surface area contributed by atoms with Crippen molar-refractivity contribution in [2.24, 2.45) is 0 Å². The number of aliphatic carboxylic acids is 1. The predicted molar refractivity (Wildman–Crippen MR) is 74.2 cm³/mol. The highest BCUT2D eigenvalue weighted by Gasteiger charge is 2.09. The number of anilines is 1. The summed E-state index contributed by atoms with van der Waals surface area (Å²) in [5, 5.41) is 14.7. The Kier molecular flexibility index (Phi) is 6.02. The van der Waals surface area contributed by atoms with Crippen LogP contribution in [0.1, 0.15) is 25.8 Å². The van der Waals surface area contributed by atoms with Crippen molar-refractivity contribution < 1.29 is 14.7 Å². The molecule has 1 amide bonds. The Morgan fingerprint density at radius 2 is 1.95 bits per heavy atom. The molecule has 0 radical (unpaired) electrons. The van der Waals surface area contributed by atoms with Crippen molar-refractivity contribution in [2.45, 2.75) is 32.7 Å². The van der Waals surface area contributed by atoms with Gasteiger partial charge in [0.25, 0.3) is 0 Å². The molecule has 0 aromatic heterocycles. The van der Waals surface area contributed by atoms with Crippen LogP contribution in [0.5, 0.6) is 0 Å². The second kappa shape index (κ2) is 7.53. The van der Waals surface area contributed by atoms with Crippen LogP contribution >= 0.6 is 0 Å². The fourth-order valence-electron chi connectivity index (χ4n) is 1.65. The van der Waals surface area contributed by atoms with E-state index >= 15 is 0 Å². The van der Waals surface area contributed by atoms with Gasteiger partial charge in [-0.15, -0.1) is 0 Å². The lowest BCUT2D eigenvalue weighted by atomic mass is 10.1. The molecular formula is C14H20N2O3. The second-order valence-corrected chi connectivity index (χ2v) is 4.63. The molecule has 1 aromatic carbocycles. The summed E-state index contributed by atoms with van der Waals surface area (Å²) in [6.07, 6.45) is 0.264. The molecule has 5 nitrogen and oxygen atoms in total. The lowest BCUT2D eigenvalue weighted by Crippen LogP contribution is -2.27. The van der Waals surface area contributed by atoms with Gasteiger partial charge in [0, 0.05) is 24.7 Å². The average Bonchev–Trinajstić information content (AvgIpc) is 2.30. The van der Waals surface area contributed by atoms with Gasteiger partial charge in [-0.3, -0.25) is 9.59 Å². The van der Waals surface area contributed by atoms with Crippen LogP contribution in [0.2, 0.25) is 0 Å². The van der Waals surface area contributed by atoms with E-state index in [0.717, 1.165) is 0 Å². The summed E-state index contributed by atoms with van der Waals surface area (Å²) in [7, 11) is 0. The summed E-state index contributed by atoms with van der Waals surface area (Å²) in [5.74, 6) is -1.03. The highest BCUT2D eigenvalue weighted by Crippen LogP contribution is 2.15. The number of hydrogen-bond acceptors (Lipinski definition) is 3. The van der Waals surface area contributed by atoms with Gasteiger partial charge in [0.1, 0.15) is 0 Å². The molecule has 0 fully saturated rings. The summed E-state index contributed by atoms with van der Waals surface area (Å²) in [4.78, 5) is 22.5. The van der Waals surface area contributed by atoms with E-state index in [1.54, 1.807) is 24.3 Å². The smallest absolute Gasteiger partial charge is 0.307 e. The minimum atomic E-state index is -0.914. The van der Waals surface area contributed by atoms with E-state index in [-0.39, 0.29) is 12.3 Å². The highest BCUT2D eigenvalue weighted by molar-refractivity contribution is 5.92. The molecule has 0 bridgehead atoms. The van der Waals surface area contributed by atoms with Crippen molar-refractivity contribution in [2.75, 3.05) is 11.9 Å². The lowest BCUT2D eigenvalue weighted by molar-refractivity contribution is -0.136. The summed E-state index contributed by atoms with van der Waals surface area (Å²) in [6, 6.07) is 7.29. The Labute approximate surface area is 113 Å². The number of benzene rings is 1. The number of carboxylic acid groups (broad SMARTS) is 1. The van der Waals surface area contributed by atoms with Gasteiger partial charge >= 0.3 is 5.97 Å². The third-order valence-corrected chi connectivity index (χ3v) is 2.54. The van der Waals surface area contributed by atoms with E-state index in [2.05, 4.69) is 10.6 Å². The van der Waals surface area contributed by atoms with Crippen LogP contribution in [0, 0.1) is 0 Å². The van der Waals surface area contributed by atoms with Gasteiger partial charge in [0.05, 0.1) is 6.42 Å². The van der Waals surface area contributed by atoms with Crippen molar-refractivity contribution in [3.63, 3.8) is 0 Å². The molecule has 0 aliphatic rings. The van der Waals surface area contributed by atoms with E-state index < -0.39 is 5.97 Å². The number of rotatable bonds is 7. The zero-order valence-electron chi connectivity index (χ0n) is 11.3. The molecule has 1 rings (SSSR count). The fraction of sp³-hybridized carbons (Fsp3) is 0.429. The monoisotopic (exact) mass is 264 g/mol. The van der Waals surface area contributed by atoms with Crippen LogP contribution in [0.3, 0.4) is 0 Å². The largest absolute Gasteiger partial charge is 0.481 e. The van der Waals surface area contributed by atoms with Gasteiger partial charge in [-0.1, -0.05) is 32.0 Å². The number of carboxylic acids is 1. The molecule has 0 saturated carbocycles. The molecule has 5 heteroatoms. The van der Waals surface area contributed by atoms with Crippen LogP contribution in [0.15, 0.2) is 24.3 Å². The molecule has 3 N–H and O–H groups in total. The summed E-state index contributed by atoms with van der Waals surface area (Å²) >= 11 is 0. The van der Waals surface area contributed by atoms with Crippen LogP contribution < -0.4 is 10.6 Å². The van der Waals surface area contributed by atoms with Gasteiger partial charge in [0.15, 0.2) is 0 Å². The van der Waals surface area contributed by atoms with Gasteiger partial charge in [-0.2, -0.15) is 0 Å². The van der Waals surface area contributed by atoms with Crippen LogP contribution in [-0.4, -0.2) is 29.6 Å². The molecule has 1 aromatic rings. The molecule has 0 spiro atoms. The van der Waals surface area contributed by atoms with Gasteiger partial charge in [0.2, 0.25) is 5.91 Å². The lowest BCUT2D eigenvalue weighted by Gasteiger charge is -2.11. The molecule has 0 aliphatic heterocycles. The molecular weight excluding hydrogens is 244 g/mol. The van der Waals surface area contributed by atoms with E-state index in [0.29, 0.717) is 30.3 Å². The van der Waals surface area contributed by atoms with Gasteiger partial charge < -0.3 is 15.7 Å². The Morgan fingerprint density at radius 1 is 1.26 bits per heavy atom. The normalized spacial score (nSPS) is 10.5. The maximum atomic E-state index is 11.7. The summed E-state index contributed by atoms with van der Waals surface area (Å²) in [6.45, 7) is 4.63. The maximum Gasteiger partial charge on any atom is 0.307 e. The first kappa shape index (κ1) is 15.2. The zero-order chi connectivity index (χ0) is 14.3. The minimum Gasteiger partial charge on any atom is -0.481 e. The Morgan fingerprint density at radius 3 is 2.58 bits per heavy atom. The SMILES string of the molecule is CC(C)NCCC(=O)Nc1ccccc1CC(=O)O. The number of carbonyl (C=O) groups excluding carboxylic acids is 1. The number of para-hydroxylation sites is 1. The van der Waals surface area contributed by atoms with Crippen molar-refractivity contribution in [1.82, 2.24) is 5.32 Å². The van der Waals surface area contributed by atoms with Gasteiger partial charge in [-0.25, -0.2) is 0 Å². The Balaban J connectivity index is 2.56. The number of carbonyl (C=O) groups is 2. The average molecular weight is 264 g/mol. The maximum absolute atomic E-state index is 11.7. The first-order valence-corrected chi connectivity index (χ1v) is 6.32. The second-order valence-electron chi connectivity index (χ2n) is 4.63. The number of nitrogens with one attached hydrogen (secondary N) is 2.